The van der Waals surface area contributed by atoms with Crippen molar-refractivity contribution in [2.45, 2.75) is 26.0 Å². The third-order valence-electron chi connectivity index (χ3n) is 3.69. The molecule has 7 heteroatoms. The number of urea groups is 1. The van der Waals surface area contributed by atoms with E-state index in [0.29, 0.717) is 37.9 Å². The number of ether oxygens (including phenoxy) is 1. The highest BCUT2D eigenvalue weighted by Crippen LogP contribution is 2.10. The van der Waals surface area contributed by atoms with Gasteiger partial charge in [0.15, 0.2) is 0 Å². The second-order valence-electron chi connectivity index (χ2n) is 5.42. The fourth-order valence-electron chi connectivity index (χ4n) is 2.32. The Hall–Kier alpha value is -1.79. The van der Waals surface area contributed by atoms with E-state index in [0.717, 1.165) is 12.0 Å². The summed E-state index contributed by atoms with van der Waals surface area (Å²) in [7, 11) is 0. The fourth-order valence-corrected chi connectivity index (χ4v) is 2.45. The Morgan fingerprint density at radius 2 is 2.17 bits per heavy atom. The van der Waals surface area contributed by atoms with Crippen LogP contribution in [0.5, 0.6) is 0 Å². The molecule has 1 saturated heterocycles. The van der Waals surface area contributed by atoms with Gasteiger partial charge in [0, 0.05) is 24.7 Å². The molecule has 0 unspecified atom stereocenters. The summed E-state index contributed by atoms with van der Waals surface area (Å²) in [6.45, 7) is 4.18. The molecule has 1 aromatic carbocycles. The van der Waals surface area contributed by atoms with Crippen molar-refractivity contribution in [1.29, 1.82) is 0 Å². The summed E-state index contributed by atoms with van der Waals surface area (Å²) in [5.74, 6) is -0.114. The highest BCUT2D eigenvalue weighted by molar-refractivity contribution is 6.30. The molecule has 0 aromatic heterocycles. The first kappa shape index (κ1) is 17.6. The summed E-state index contributed by atoms with van der Waals surface area (Å²) in [6, 6.07) is 6.75. The zero-order valence-corrected chi connectivity index (χ0v) is 13.9. The molecule has 0 bridgehead atoms. The average molecular weight is 340 g/mol. The minimum absolute atomic E-state index is 0.114. The van der Waals surface area contributed by atoms with Gasteiger partial charge in [-0.05, 0) is 31.0 Å². The number of nitrogens with one attached hydrogen (secondary N) is 2. The lowest BCUT2D eigenvalue weighted by atomic mass is 10.2. The third-order valence-corrected chi connectivity index (χ3v) is 3.94. The number of nitrogens with zero attached hydrogens (tertiary/aromatic N) is 1. The van der Waals surface area contributed by atoms with Gasteiger partial charge in [0.05, 0.1) is 13.2 Å². The maximum absolute atomic E-state index is 12.1. The van der Waals surface area contributed by atoms with Crippen molar-refractivity contribution >= 4 is 23.5 Å². The van der Waals surface area contributed by atoms with E-state index in [1.54, 1.807) is 11.8 Å². The average Bonchev–Trinajstić information content (AvgIpc) is 2.71. The summed E-state index contributed by atoms with van der Waals surface area (Å²) < 4.78 is 5.51. The van der Waals surface area contributed by atoms with E-state index in [-0.39, 0.29) is 11.9 Å². The van der Waals surface area contributed by atoms with Crippen LogP contribution in [-0.4, -0.2) is 49.1 Å². The van der Waals surface area contributed by atoms with E-state index in [2.05, 4.69) is 10.6 Å². The van der Waals surface area contributed by atoms with E-state index in [1.165, 1.54) is 0 Å². The van der Waals surface area contributed by atoms with Crippen molar-refractivity contribution in [3.8, 4) is 0 Å². The van der Waals surface area contributed by atoms with Gasteiger partial charge in [-0.1, -0.05) is 23.7 Å². The Labute approximate surface area is 141 Å². The van der Waals surface area contributed by atoms with E-state index in [9.17, 15) is 9.59 Å². The van der Waals surface area contributed by atoms with Gasteiger partial charge in [-0.15, -0.1) is 0 Å². The second-order valence-corrected chi connectivity index (χ2v) is 5.86. The number of hydrogen-bond acceptors (Lipinski definition) is 3. The van der Waals surface area contributed by atoms with E-state index in [1.807, 2.05) is 24.3 Å². The van der Waals surface area contributed by atoms with E-state index < -0.39 is 6.04 Å². The molecule has 1 heterocycles. The maximum atomic E-state index is 12.1. The molecule has 0 spiro atoms. The molecule has 2 N–H and O–H groups in total. The Kier molecular flexibility index (Phi) is 6.67. The molecular formula is C16H22ClN3O3. The molecule has 1 aliphatic rings. The van der Waals surface area contributed by atoms with Crippen molar-refractivity contribution in [3.05, 3.63) is 34.9 Å². The first-order chi connectivity index (χ1) is 11.1. The minimum atomic E-state index is -0.451. The highest BCUT2D eigenvalue weighted by Gasteiger charge is 2.27. The lowest BCUT2D eigenvalue weighted by molar-refractivity contribution is -0.124. The van der Waals surface area contributed by atoms with Crippen LogP contribution >= 0.6 is 11.6 Å². The molecule has 126 valence electrons. The summed E-state index contributed by atoms with van der Waals surface area (Å²) in [5.41, 5.74) is 1.03. The number of benzene rings is 1. The van der Waals surface area contributed by atoms with Crippen LogP contribution in [-0.2, 0) is 16.1 Å². The molecule has 0 aliphatic carbocycles. The van der Waals surface area contributed by atoms with Crippen LogP contribution in [0.15, 0.2) is 24.3 Å². The summed E-state index contributed by atoms with van der Waals surface area (Å²) in [6.07, 6.45) is 0.760. The van der Waals surface area contributed by atoms with Gasteiger partial charge >= 0.3 is 6.03 Å². The second kappa shape index (κ2) is 8.74. The molecule has 1 aliphatic heterocycles. The van der Waals surface area contributed by atoms with Crippen molar-refractivity contribution in [2.24, 2.45) is 0 Å². The quantitative estimate of drug-likeness (QED) is 0.803. The predicted octanol–water partition coefficient (Wildman–Crippen LogP) is 1.78. The number of carbonyl (C=O) groups is 2. The largest absolute Gasteiger partial charge is 0.375 e. The summed E-state index contributed by atoms with van der Waals surface area (Å²) in [4.78, 5) is 25.4. The van der Waals surface area contributed by atoms with Crippen LogP contribution in [0.2, 0.25) is 5.02 Å². The maximum Gasteiger partial charge on any atom is 0.318 e. The minimum Gasteiger partial charge on any atom is -0.375 e. The SMILES string of the molecule is C[C@@H]1C(=O)NCCCN1C(=O)NCCOCc1ccc(Cl)cc1. The Bertz CT molecular complexity index is 536. The third kappa shape index (κ3) is 5.41. The predicted molar refractivity (Wildman–Crippen MR) is 88.3 cm³/mol. The number of carbonyl (C=O) groups excluding carboxylic acids is 2. The van der Waals surface area contributed by atoms with Crippen LogP contribution < -0.4 is 10.6 Å². The Morgan fingerprint density at radius 3 is 2.91 bits per heavy atom. The normalized spacial score (nSPS) is 18.3. The van der Waals surface area contributed by atoms with Gasteiger partial charge in [0.1, 0.15) is 6.04 Å². The van der Waals surface area contributed by atoms with Gasteiger partial charge in [0.25, 0.3) is 0 Å². The molecule has 3 amide bonds. The smallest absolute Gasteiger partial charge is 0.318 e. The first-order valence-electron chi connectivity index (χ1n) is 7.72. The Morgan fingerprint density at radius 1 is 1.43 bits per heavy atom. The zero-order valence-electron chi connectivity index (χ0n) is 13.2. The van der Waals surface area contributed by atoms with Gasteiger partial charge in [-0.2, -0.15) is 0 Å². The number of rotatable bonds is 5. The van der Waals surface area contributed by atoms with Crippen LogP contribution in [0, 0.1) is 0 Å². The molecule has 0 radical (unpaired) electrons. The molecule has 0 saturated carbocycles. The van der Waals surface area contributed by atoms with Crippen LogP contribution in [0.25, 0.3) is 0 Å². The van der Waals surface area contributed by atoms with Crippen LogP contribution in [0.3, 0.4) is 0 Å². The van der Waals surface area contributed by atoms with Gasteiger partial charge in [0.2, 0.25) is 5.91 Å². The monoisotopic (exact) mass is 339 g/mol. The molecular weight excluding hydrogens is 318 g/mol. The molecule has 6 nitrogen and oxygen atoms in total. The van der Waals surface area contributed by atoms with Crippen LogP contribution in [0.1, 0.15) is 18.9 Å². The van der Waals surface area contributed by atoms with Crippen LogP contribution in [0.4, 0.5) is 4.79 Å². The highest BCUT2D eigenvalue weighted by atomic mass is 35.5. The topological polar surface area (TPSA) is 70.7 Å². The number of hydrogen-bond donors (Lipinski definition) is 2. The molecule has 1 aromatic rings. The van der Waals surface area contributed by atoms with Gasteiger partial charge in [-0.25, -0.2) is 4.79 Å². The molecule has 1 fully saturated rings. The van der Waals surface area contributed by atoms with Crippen molar-refractivity contribution in [2.75, 3.05) is 26.2 Å². The lowest BCUT2D eigenvalue weighted by Crippen LogP contribution is -2.49. The first-order valence-corrected chi connectivity index (χ1v) is 8.10. The van der Waals surface area contributed by atoms with Crippen molar-refractivity contribution in [3.63, 3.8) is 0 Å². The summed E-state index contributed by atoms with van der Waals surface area (Å²) >= 11 is 5.82. The molecule has 2 rings (SSSR count). The van der Waals surface area contributed by atoms with Crippen molar-refractivity contribution < 1.29 is 14.3 Å². The molecule has 1 atom stereocenters. The number of halogens is 1. The summed E-state index contributed by atoms with van der Waals surface area (Å²) in [5, 5.41) is 6.26. The van der Waals surface area contributed by atoms with Gasteiger partial charge < -0.3 is 20.3 Å². The fraction of sp³-hybridized carbons (Fsp3) is 0.500. The Balaban J connectivity index is 1.68. The zero-order chi connectivity index (χ0) is 16.7. The van der Waals surface area contributed by atoms with Crippen molar-refractivity contribution in [1.82, 2.24) is 15.5 Å². The standard InChI is InChI=1S/C16H22ClN3O3/c1-12-15(21)18-7-2-9-20(12)16(22)19-8-10-23-11-13-3-5-14(17)6-4-13/h3-6,12H,2,7-11H2,1H3,(H,18,21)(H,19,22)/t12-/m1/s1. The van der Waals surface area contributed by atoms with Gasteiger partial charge in [-0.3, -0.25) is 4.79 Å². The lowest BCUT2D eigenvalue weighted by Gasteiger charge is -2.25. The van der Waals surface area contributed by atoms with E-state index >= 15 is 0 Å². The number of amides is 3. The van der Waals surface area contributed by atoms with E-state index in [4.69, 9.17) is 16.3 Å². The molecule has 23 heavy (non-hydrogen) atoms.